The summed E-state index contributed by atoms with van der Waals surface area (Å²) in [7, 11) is 0. The van der Waals surface area contributed by atoms with E-state index < -0.39 is 12.0 Å². The first kappa shape index (κ1) is 17.9. The second kappa shape index (κ2) is 8.15. The van der Waals surface area contributed by atoms with Crippen molar-refractivity contribution in [3.8, 4) is 0 Å². The molecule has 2 atom stereocenters. The second-order valence-corrected chi connectivity index (χ2v) is 6.05. The molecule has 0 rings (SSSR count). The lowest BCUT2D eigenvalue weighted by Gasteiger charge is -2.30. The maximum absolute atomic E-state index is 11.7. The molecular weight excluding hydrogens is 244 g/mol. The summed E-state index contributed by atoms with van der Waals surface area (Å²) in [5.74, 6) is -0.807. The quantitative estimate of drug-likeness (QED) is 0.627. The molecule has 19 heavy (non-hydrogen) atoms. The first-order valence-corrected chi connectivity index (χ1v) is 6.94. The van der Waals surface area contributed by atoms with Gasteiger partial charge in [-0.3, -0.25) is 4.79 Å². The lowest BCUT2D eigenvalue weighted by molar-refractivity contribution is -0.142. The summed E-state index contributed by atoms with van der Waals surface area (Å²) in [6.07, 6.45) is 2.37. The highest BCUT2D eigenvalue weighted by Crippen LogP contribution is 2.31. The number of nitrogens with one attached hydrogen (secondary N) is 1. The zero-order chi connectivity index (χ0) is 15.1. The molecule has 0 aromatic heterocycles. The molecule has 1 unspecified atom stereocenters. The first-order valence-electron chi connectivity index (χ1n) is 6.94. The lowest BCUT2D eigenvalue weighted by Crippen LogP contribution is -2.40. The van der Waals surface area contributed by atoms with Gasteiger partial charge in [0.2, 0.25) is 5.91 Å². The molecule has 0 aromatic carbocycles. The second-order valence-electron chi connectivity index (χ2n) is 6.05. The topological polar surface area (TPSA) is 92.4 Å². The molecule has 0 radical (unpaired) electrons. The van der Waals surface area contributed by atoms with E-state index in [9.17, 15) is 9.59 Å². The third-order valence-corrected chi connectivity index (χ3v) is 3.50. The minimum absolute atomic E-state index is 0.108. The Kier molecular flexibility index (Phi) is 7.68. The van der Waals surface area contributed by atoms with E-state index in [2.05, 4.69) is 26.1 Å². The number of carbonyl (C=O) groups is 2. The van der Waals surface area contributed by atoms with Gasteiger partial charge in [0.05, 0.1) is 0 Å². The first-order chi connectivity index (χ1) is 8.72. The predicted octanol–water partition coefficient (Wildman–Crippen LogP) is 1.76. The van der Waals surface area contributed by atoms with E-state index in [4.69, 9.17) is 10.8 Å². The van der Waals surface area contributed by atoms with Gasteiger partial charge in [0.25, 0.3) is 0 Å². The number of carboxylic acid groups (broad SMARTS) is 1. The van der Waals surface area contributed by atoms with Crippen LogP contribution in [0, 0.1) is 11.3 Å². The minimum atomic E-state index is -0.981. The van der Waals surface area contributed by atoms with Gasteiger partial charge in [0, 0.05) is 6.42 Å². The molecule has 0 saturated heterocycles. The van der Waals surface area contributed by atoms with E-state index in [-0.39, 0.29) is 11.3 Å². The maximum Gasteiger partial charge on any atom is 0.326 e. The van der Waals surface area contributed by atoms with Crippen LogP contribution in [0.2, 0.25) is 0 Å². The van der Waals surface area contributed by atoms with Gasteiger partial charge >= 0.3 is 5.97 Å². The van der Waals surface area contributed by atoms with Gasteiger partial charge in [-0.1, -0.05) is 27.7 Å². The van der Waals surface area contributed by atoms with E-state index in [1.807, 2.05) is 0 Å². The van der Waals surface area contributed by atoms with Crippen molar-refractivity contribution in [3.05, 3.63) is 0 Å². The molecule has 5 nitrogen and oxygen atoms in total. The Labute approximate surface area is 115 Å². The largest absolute Gasteiger partial charge is 0.480 e. The monoisotopic (exact) mass is 272 g/mol. The van der Waals surface area contributed by atoms with Crippen LogP contribution in [0.4, 0.5) is 0 Å². The summed E-state index contributed by atoms with van der Waals surface area (Å²) in [6.45, 7) is 8.76. The van der Waals surface area contributed by atoms with Gasteiger partial charge < -0.3 is 16.2 Å². The van der Waals surface area contributed by atoms with Crippen molar-refractivity contribution in [1.82, 2.24) is 5.32 Å². The third kappa shape index (κ3) is 7.15. The highest BCUT2D eigenvalue weighted by Gasteiger charge is 2.25. The average Bonchev–Trinajstić information content (AvgIpc) is 2.29. The normalized spacial score (nSPS) is 14.8. The zero-order valence-corrected chi connectivity index (χ0v) is 12.5. The van der Waals surface area contributed by atoms with E-state index in [1.54, 1.807) is 6.92 Å². The number of hydrogen-bond donors (Lipinski definition) is 3. The standard InChI is InChI=1S/C14H28N2O3/c1-5-11(13(18)19)16-12(17)7-6-10(8-9-15)14(2,3)4/h10-11H,5-9,15H2,1-4H3,(H,16,17)(H,18,19)/t10?,11-/m1/s1. The summed E-state index contributed by atoms with van der Waals surface area (Å²) in [4.78, 5) is 22.6. The molecule has 0 saturated carbocycles. The van der Waals surface area contributed by atoms with Crippen molar-refractivity contribution >= 4 is 11.9 Å². The highest BCUT2D eigenvalue weighted by atomic mass is 16.4. The van der Waals surface area contributed by atoms with Gasteiger partial charge in [0.15, 0.2) is 0 Å². The van der Waals surface area contributed by atoms with Crippen LogP contribution in [-0.4, -0.2) is 29.6 Å². The smallest absolute Gasteiger partial charge is 0.326 e. The van der Waals surface area contributed by atoms with E-state index in [0.29, 0.717) is 25.3 Å². The molecule has 0 spiro atoms. The van der Waals surface area contributed by atoms with Gasteiger partial charge in [-0.2, -0.15) is 0 Å². The van der Waals surface area contributed by atoms with Crippen molar-refractivity contribution in [2.75, 3.05) is 6.54 Å². The van der Waals surface area contributed by atoms with E-state index in [0.717, 1.165) is 12.8 Å². The van der Waals surface area contributed by atoms with Crippen molar-refractivity contribution in [2.24, 2.45) is 17.1 Å². The lowest BCUT2D eigenvalue weighted by atomic mass is 9.76. The number of carbonyl (C=O) groups excluding carboxylic acids is 1. The maximum atomic E-state index is 11.7. The molecule has 0 heterocycles. The molecular formula is C14H28N2O3. The highest BCUT2D eigenvalue weighted by molar-refractivity contribution is 5.83. The number of carboxylic acids is 1. The Morgan fingerprint density at radius 1 is 1.26 bits per heavy atom. The van der Waals surface area contributed by atoms with Crippen LogP contribution in [0.15, 0.2) is 0 Å². The average molecular weight is 272 g/mol. The SMILES string of the molecule is CC[C@@H](NC(=O)CCC(CCN)C(C)(C)C)C(=O)O. The van der Waals surface area contributed by atoms with E-state index in [1.165, 1.54) is 0 Å². The molecule has 0 bridgehead atoms. The van der Waals surface area contributed by atoms with Crippen LogP contribution in [0.1, 0.15) is 53.4 Å². The van der Waals surface area contributed by atoms with Crippen LogP contribution in [-0.2, 0) is 9.59 Å². The molecule has 0 fully saturated rings. The summed E-state index contributed by atoms with van der Waals surface area (Å²) in [5.41, 5.74) is 5.70. The number of amides is 1. The zero-order valence-electron chi connectivity index (χ0n) is 12.5. The van der Waals surface area contributed by atoms with Crippen LogP contribution in [0.5, 0.6) is 0 Å². The third-order valence-electron chi connectivity index (χ3n) is 3.50. The Morgan fingerprint density at radius 2 is 1.84 bits per heavy atom. The predicted molar refractivity (Wildman–Crippen MR) is 75.7 cm³/mol. The summed E-state index contributed by atoms with van der Waals surface area (Å²) in [6, 6.07) is -0.782. The van der Waals surface area contributed by atoms with Crippen LogP contribution < -0.4 is 11.1 Å². The summed E-state index contributed by atoms with van der Waals surface area (Å²) in [5, 5.41) is 11.4. The molecule has 4 N–H and O–H groups in total. The molecule has 112 valence electrons. The fourth-order valence-electron chi connectivity index (χ4n) is 2.12. The van der Waals surface area contributed by atoms with Gasteiger partial charge in [-0.15, -0.1) is 0 Å². The molecule has 5 heteroatoms. The van der Waals surface area contributed by atoms with Crippen molar-refractivity contribution < 1.29 is 14.7 Å². The van der Waals surface area contributed by atoms with E-state index >= 15 is 0 Å². The van der Waals surface area contributed by atoms with Crippen LogP contribution in [0.3, 0.4) is 0 Å². The molecule has 0 aliphatic rings. The Hall–Kier alpha value is -1.10. The molecule has 0 aliphatic heterocycles. The number of aliphatic carboxylic acids is 1. The van der Waals surface area contributed by atoms with Gasteiger partial charge in [-0.25, -0.2) is 4.79 Å². The van der Waals surface area contributed by atoms with Crippen molar-refractivity contribution in [2.45, 2.75) is 59.4 Å². The molecule has 0 aliphatic carbocycles. The van der Waals surface area contributed by atoms with Crippen LogP contribution >= 0.6 is 0 Å². The fourth-order valence-corrected chi connectivity index (χ4v) is 2.12. The Morgan fingerprint density at radius 3 is 2.21 bits per heavy atom. The minimum Gasteiger partial charge on any atom is -0.480 e. The number of nitrogens with two attached hydrogens (primary N) is 1. The Balaban J connectivity index is 4.29. The van der Waals surface area contributed by atoms with Gasteiger partial charge in [-0.05, 0) is 37.1 Å². The fraction of sp³-hybridized carbons (Fsp3) is 0.857. The summed E-state index contributed by atoms with van der Waals surface area (Å²) >= 11 is 0. The number of hydrogen-bond acceptors (Lipinski definition) is 3. The summed E-state index contributed by atoms with van der Waals surface area (Å²) < 4.78 is 0. The molecule has 1 amide bonds. The van der Waals surface area contributed by atoms with Crippen molar-refractivity contribution in [1.29, 1.82) is 0 Å². The van der Waals surface area contributed by atoms with Crippen LogP contribution in [0.25, 0.3) is 0 Å². The number of rotatable bonds is 8. The Bertz CT molecular complexity index is 298. The molecule has 0 aromatic rings. The van der Waals surface area contributed by atoms with Crippen molar-refractivity contribution in [3.63, 3.8) is 0 Å². The van der Waals surface area contributed by atoms with Gasteiger partial charge in [0.1, 0.15) is 6.04 Å².